The first-order valence-electron chi connectivity index (χ1n) is 7.44. The van der Waals surface area contributed by atoms with E-state index in [1.165, 1.54) is 24.6 Å². The van der Waals surface area contributed by atoms with Crippen LogP contribution in [-0.2, 0) is 10.0 Å². The molecule has 21 heavy (non-hydrogen) atoms. The molecule has 6 heteroatoms. The first-order chi connectivity index (χ1) is 9.96. The normalized spacial score (nSPS) is 18.0. The molecule has 0 radical (unpaired) electrons. The summed E-state index contributed by atoms with van der Waals surface area (Å²) in [6.07, 6.45) is 4.73. The number of thioether (sulfide) groups is 1. The SMILES string of the molecule is CC(NS(=O)(=O)CCSc1cccc(N)c1)C1CCCC1. The van der Waals surface area contributed by atoms with Crippen LogP contribution in [0.25, 0.3) is 0 Å². The van der Waals surface area contributed by atoms with E-state index in [0.717, 1.165) is 17.7 Å². The molecule has 1 unspecified atom stereocenters. The van der Waals surface area contributed by atoms with Crippen LogP contribution in [-0.4, -0.2) is 26.0 Å². The monoisotopic (exact) mass is 328 g/mol. The van der Waals surface area contributed by atoms with E-state index in [0.29, 0.717) is 17.4 Å². The Morgan fingerprint density at radius 2 is 2.10 bits per heavy atom. The Bertz CT molecular complexity index is 555. The van der Waals surface area contributed by atoms with Crippen molar-refractivity contribution in [2.45, 2.75) is 43.5 Å². The molecule has 1 aliphatic rings. The van der Waals surface area contributed by atoms with Gasteiger partial charge in [0.25, 0.3) is 0 Å². The summed E-state index contributed by atoms with van der Waals surface area (Å²) in [5.41, 5.74) is 6.41. The molecule has 118 valence electrons. The molecule has 0 saturated heterocycles. The van der Waals surface area contributed by atoms with Gasteiger partial charge in [-0.05, 0) is 43.9 Å². The van der Waals surface area contributed by atoms with Gasteiger partial charge < -0.3 is 5.73 Å². The van der Waals surface area contributed by atoms with Gasteiger partial charge in [0.05, 0.1) is 5.75 Å². The molecule has 0 aliphatic heterocycles. The molecular formula is C15H24N2O2S2. The number of sulfonamides is 1. The molecule has 4 nitrogen and oxygen atoms in total. The molecule has 1 aliphatic carbocycles. The fourth-order valence-electron chi connectivity index (χ4n) is 2.77. The fourth-order valence-corrected chi connectivity index (χ4v) is 5.49. The molecule has 2 rings (SSSR count). The van der Waals surface area contributed by atoms with Crippen molar-refractivity contribution >= 4 is 27.5 Å². The number of benzene rings is 1. The number of nitrogens with one attached hydrogen (secondary N) is 1. The van der Waals surface area contributed by atoms with Crippen molar-refractivity contribution in [2.24, 2.45) is 5.92 Å². The van der Waals surface area contributed by atoms with Gasteiger partial charge in [-0.25, -0.2) is 13.1 Å². The van der Waals surface area contributed by atoms with Crippen LogP contribution in [0.5, 0.6) is 0 Å². The van der Waals surface area contributed by atoms with Gasteiger partial charge in [-0.3, -0.25) is 0 Å². The average Bonchev–Trinajstić information content (AvgIpc) is 2.92. The molecule has 0 spiro atoms. The van der Waals surface area contributed by atoms with Gasteiger partial charge in [-0.2, -0.15) is 0 Å². The predicted molar refractivity (Wildman–Crippen MR) is 89.9 cm³/mol. The Morgan fingerprint density at radius 1 is 1.38 bits per heavy atom. The van der Waals surface area contributed by atoms with Crippen LogP contribution >= 0.6 is 11.8 Å². The van der Waals surface area contributed by atoms with Crippen LogP contribution in [0.3, 0.4) is 0 Å². The molecule has 0 aromatic heterocycles. The Hall–Kier alpha value is -0.720. The first-order valence-corrected chi connectivity index (χ1v) is 10.1. The van der Waals surface area contributed by atoms with Crippen molar-refractivity contribution in [3.8, 4) is 0 Å². The zero-order valence-corrected chi connectivity index (χ0v) is 14.1. The Labute approximate surface area is 131 Å². The van der Waals surface area contributed by atoms with E-state index in [-0.39, 0.29) is 11.8 Å². The van der Waals surface area contributed by atoms with E-state index in [4.69, 9.17) is 5.73 Å². The molecule has 1 aromatic rings. The highest BCUT2D eigenvalue weighted by Gasteiger charge is 2.24. The van der Waals surface area contributed by atoms with Crippen LogP contribution < -0.4 is 10.5 Å². The maximum absolute atomic E-state index is 12.1. The van der Waals surface area contributed by atoms with Gasteiger partial charge in [0.2, 0.25) is 10.0 Å². The van der Waals surface area contributed by atoms with Crippen molar-refractivity contribution in [3.05, 3.63) is 24.3 Å². The smallest absolute Gasteiger partial charge is 0.212 e. The van der Waals surface area contributed by atoms with Crippen LogP contribution in [0.2, 0.25) is 0 Å². The Morgan fingerprint density at radius 3 is 2.76 bits per heavy atom. The summed E-state index contributed by atoms with van der Waals surface area (Å²) in [5.74, 6) is 1.18. The highest BCUT2D eigenvalue weighted by molar-refractivity contribution is 8.00. The number of nitrogens with two attached hydrogens (primary N) is 1. The Balaban J connectivity index is 1.78. The molecule has 3 N–H and O–H groups in total. The molecule has 1 atom stereocenters. The highest BCUT2D eigenvalue weighted by Crippen LogP contribution is 2.28. The second-order valence-electron chi connectivity index (χ2n) is 5.69. The minimum absolute atomic E-state index is 0.0508. The summed E-state index contributed by atoms with van der Waals surface area (Å²) in [6.45, 7) is 1.98. The topological polar surface area (TPSA) is 72.2 Å². The van der Waals surface area contributed by atoms with Crippen molar-refractivity contribution in [1.82, 2.24) is 4.72 Å². The number of anilines is 1. The van der Waals surface area contributed by atoms with Crippen LogP contribution in [0.1, 0.15) is 32.6 Å². The van der Waals surface area contributed by atoms with Gasteiger partial charge in [0, 0.05) is 22.4 Å². The zero-order valence-electron chi connectivity index (χ0n) is 12.4. The maximum atomic E-state index is 12.1. The van der Waals surface area contributed by atoms with Gasteiger partial charge in [-0.15, -0.1) is 11.8 Å². The van der Waals surface area contributed by atoms with Crippen molar-refractivity contribution in [2.75, 3.05) is 17.2 Å². The standard InChI is InChI=1S/C15H24N2O2S2/c1-12(13-5-2-3-6-13)17-21(18,19)10-9-20-15-8-4-7-14(16)11-15/h4,7-8,11-13,17H,2-3,5-6,9-10,16H2,1H3. The largest absolute Gasteiger partial charge is 0.399 e. The predicted octanol–water partition coefficient (Wildman–Crippen LogP) is 2.86. The van der Waals surface area contributed by atoms with Crippen molar-refractivity contribution in [3.63, 3.8) is 0 Å². The third kappa shape index (κ3) is 5.52. The van der Waals surface area contributed by atoms with Gasteiger partial charge in [0.15, 0.2) is 0 Å². The van der Waals surface area contributed by atoms with Crippen LogP contribution in [0, 0.1) is 5.92 Å². The molecule has 1 aromatic carbocycles. The Kier molecular flexibility index (Phi) is 5.96. The summed E-state index contributed by atoms with van der Waals surface area (Å²) >= 11 is 1.52. The summed E-state index contributed by atoms with van der Waals surface area (Å²) in [6, 6.07) is 7.57. The number of hydrogen-bond donors (Lipinski definition) is 2. The van der Waals surface area contributed by atoms with E-state index < -0.39 is 10.0 Å². The molecule has 1 fully saturated rings. The third-order valence-electron chi connectivity index (χ3n) is 3.95. The zero-order chi connectivity index (χ0) is 15.3. The quantitative estimate of drug-likeness (QED) is 0.596. The first kappa shape index (κ1) is 16.6. The molecule has 0 amide bonds. The van der Waals surface area contributed by atoms with E-state index in [1.54, 1.807) is 0 Å². The van der Waals surface area contributed by atoms with Gasteiger partial charge >= 0.3 is 0 Å². The number of nitrogen functional groups attached to an aromatic ring is 1. The van der Waals surface area contributed by atoms with E-state index in [9.17, 15) is 8.42 Å². The molecule has 1 saturated carbocycles. The molecular weight excluding hydrogens is 304 g/mol. The molecule has 0 bridgehead atoms. The summed E-state index contributed by atoms with van der Waals surface area (Å²) in [5, 5.41) is 0. The second kappa shape index (κ2) is 7.51. The third-order valence-corrected chi connectivity index (χ3v) is 6.68. The van der Waals surface area contributed by atoms with Gasteiger partial charge in [0.1, 0.15) is 0 Å². The number of rotatable bonds is 7. The molecule has 0 heterocycles. The van der Waals surface area contributed by atoms with E-state index in [1.807, 2.05) is 31.2 Å². The number of hydrogen-bond acceptors (Lipinski definition) is 4. The fraction of sp³-hybridized carbons (Fsp3) is 0.600. The minimum Gasteiger partial charge on any atom is -0.399 e. The lowest BCUT2D eigenvalue weighted by Gasteiger charge is -2.20. The van der Waals surface area contributed by atoms with E-state index >= 15 is 0 Å². The lowest BCUT2D eigenvalue weighted by molar-refractivity contribution is 0.424. The van der Waals surface area contributed by atoms with Crippen molar-refractivity contribution in [1.29, 1.82) is 0 Å². The van der Waals surface area contributed by atoms with Crippen LogP contribution in [0.4, 0.5) is 5.69 Å². The average molecular weight is 329 g/mol. The van der Waals surface area contributed by atoms with Crippen molar-refractivity contribution < 1.29 is 8.42 Å². The lowest BCUT2D eigenvalue weighted by atomic mass is 10.0. The minimum atomic E-state index is -3.20. The maximum Gasteiger partial charge on any atom is 0.212 e. The summed E-state index contributed by atoms with van der Waals surface area (Å²) in [4.78, 5) is 1.01. The van der Waals surface area contributed by atoms with Crippen LogP contribution in [0.15, 0.2) is 29.2 Å². The second-order valence-corrected chi connectivity index (χ2v) is 8.73. The van der Waals surface area contributed by atoms with E-state index in [2.05, 4.69) is 4.72 Å². The van der Waals surface area contributed by atoms with Gasteiger partial charge in [-0.1, -0.05) is 18.9 Å². The highest BCUT2D eigenvalue weighted by atomic mass is 32.2. The summed E-state index contributed by atoms with van der Waals surface area (Å²) in [7, 11) is -3.20. The lowest BCUT2D eigenvalue weighted by Crippen LogP contribution is -2.38. The summed E-state index contributed by atoms with van der Waals surface area (Å²) < 4.78 is 27.0.